The summed E-state index contributed by atoms with van der Waals surface area (Å²) in [6.45, 7) is 16.4. The van der Waals surface area contributed by atoms with Crippen LogP contribution in [0.25, 0.3) is 0 Å². The molecule has 4 N–H and O–H groups in total. The second-order valence-electron chi connectivity index (χ2n) is 5.39. The van der Waals surface area contributed by atoms with Gasteiger partial charge in [0, 0.05) is 22.6 Å². The molecule has 0 fully saturated rings. The number of hydrogen-bond donors (Lipinski definition) is 3. The normalized spacial score (nSPS) is 10.9. The van der Waals surface area contributed by atoms with Gasteiger partial charge >= 0.3 is 0 Å². The van der Waals surface area contributed by atoms with Gasteiger partial charge in [-0.15, -0.1) is 0 Å². The van der Waals surface area contributed by atoms with Gasteiger partial charge in [-0.05, 0) is 55.8 Å². The second kappa shape index (κ2) is 23.2. The lowest BCUT2D eigenvalue weighted by molar-refractivity contribution is 1.44. The number of benzene rings is 2. The van der Waals surface area contributed by atoms with Crippen LogP contribution in [0.1, 0.15) is 56.8 Å². The Morgan fingerprint density at radius 1 is 0.774 bits per heavy atom. The number of aryl methyl sites for hydroxylation is 2. The fraction of sp³-hybridized carbons (Fsp3) is 0.321. The molecule has 3 rings (SSSR count). The van der Waals surface area contributed by atoms with Crippen LogP contribution in [-0.4, -0.2) is 12.8 Å². The maximum absolute atomic E-state index is 7.06. The average Bonchev–Trinajstić information content (AvgIpc) is 2.90. The van der Waals surface area contributed by atoms with E-state index in [0.29, 0.717) is 19.5 Å². The van der Waals surface area contributed by atoms with Crippen LogP contribution in [-0.2, 0) is 0 Å². The van der Waals surface area contributed by atoms with E-state index in [1.54, 1.807) is 12.2 Å². The smallest absolute Gasteiger partial charge is 0.0540 e. The maximum atomic E-state index is 7.06. The summed E-state index contributed by atoms with van der Waals surface area (Å²) >= 11 is 0. The monoisotopic (exact) mass is 428 g/mol. The van der Waals surface area contributed by atoms with Crippen molar-refractivity contribution >= 4 is 17.1 Å². The van der Waals surface area contributed by atoms with E-state index in [0.717, 1.165) is 28.1 Å². The van der Waals surface area contributed by atoms with Gasteiger partial charge in [-0.1, -0.05) is 95.7 Å². The molecule has 0 spiro atoms. The van der Waals surface area contributed by atoms with E-state index in [-0.39, 0.29) is 1.43 Å². The lowest BCUT2D eigenvalue weighted by Gasteiger charge is -1.97. The molecule has 0 saturated carbocycles. The second-order valence-corrected chi connectivity index (χ2v) is 5.39. The third-order valence-corrected chi connectivity index (χ3v) is 3.18. The van der Waals surface area contributed by atoms with Crippen molar-refractivity contribution < 1.29 is 4.17 Å². The van der Waals surface area contributed by atoms with Gasteiger partial charge in [0.05, 0.1) is 5.71 Å². The molecule has 0 radical (unpaired) electrons. The summed E-state index contributed by atoms with van der Waals surface area (Å²) in [6, 6.07) is 15.2. The SMILES string of the molecule is C=C1C=CC(=N)C=C1.CC.CC.CC.[2HH].[2H]Cc1ccc(N)cc1.[2H]Cc1ccc(NC)cc1. The first kappa shape index (κ1) is 27.9. The molecule has 31 heavy (non-hydrogen) atoms. The molecule has 0 aromatic heterocycles. The minimum atomic E-state index is 0. The van der Waals surface area contributed by atoms with Gasteiger partial charge in [-0.3, -0.25) is 0 Å². The van der Waals surface area contributed by atoms with Gasteiger partial charge in [-0.2, -0.15) is 0 Å². The highest BCUT2D eigenvalue weighted by Crippen LogP contribution is 2.06. The summed E-state index contributed by atoms with van der Waals surface area (Å²) in [4.78, 5) is 0. The number of nitrogen functional groups attached to an aromatic ring is 1. The van der Waals surface area contributed by atoms with Gasteiger partial charge in [0.15, 0.2) is 0 Å². The number of allylic oxidation sites excluding steroid dienone is 5. The third kappa shape index (κ3) is 20.0. The van der Waals surface area contributed by atoms with Crippen molar-refractivity contribution in [3.63, 3.8) is 0 Å². The predicted molar refractivity (Wildman–Crippen MR) is 148 cm³/mol. The zero-order valence-electron chi connectivity index (χ0n) is 22.6. The molecular weight excluding hydrogens is 378 g/mol. The summed E-state index contributed by atoms with van der Waals surface area (Å²) in [5, 5.41) is 10.1. The van der Waals surface area contributed by atoms with E-state index in [1.807, 2.05) is 109 Å². The Kier molecular flexibility index (Phi) is 20.9. The van der Waals surface area contributed by atoms with Gasteiger partial charge in [0.1, 0.15) is 0 Å². The quantitative estimate of drug-likeness (QED) is 0.398. The lowest BCUT2D eigenvalue weighted by atomic mass is 10.1. The first-order valence-electron chi connectivity index (χ1n) is 12.2. The van der Waals surface area contributed by atoms with Crippen molar-refractivity contribution in [1.82, 2.24) is 0 Å². The molecule has 0 bridgehead atoms. The molecule has 3 nitrogen and oxygen atoms in total. The van der Waals surface area contributed by atoms with E-state index >= 15 is 0 Å². The number of nitrogens with one attached hydrogen (secondary N) is 2. The highest BCUT2D eigenvalue weighted by Gasteiger charge is 1.89. The summed E-state index contributed by atoms with van der Waals surface area (Å²) in [7, 11) is 1.88. The van der Waals surface area contributed by atoms with Crippen molar-refractivity contribution in [2.45, 2.75) is 55.3 Å². The van der Waals surface area contributed by atoms with E-state index in [4.69, 9.17) is 13.9 Å². The largest absolute Gasteiger partial charge is 0.399 e. The summed E-state index contributed by atoms with van der Waals surface area (Å²) in [5.41, 5.74) is 10.8. The highest BCUT2D eigenvalue weighted by atomic mass is 14.8. The summed E-state index contributed by atoms with van der Waals surface area (Å²) < 4.78 is 14.0. The van der Waals surface area contributed by atoms with Gasteiger partial charge in [0.2, 0.25) is 0 Å². The molecule has 0 unspecified atom stereocenters. The number of nitrogens with two attached hydrogens (primary N) is 1. The van der Waals surface area contributed by atoms with Crippen LogP contribution in [0.5, 0.6) is 0 Å². The Bertz CT molecular complexity index is 721. The molecule has 2 aromatic carbocycles. The Labute approximate surface area is 196 Å². The third-order valence-electron chi connectivity index (χ3n) is 3.18. The fourth-order valence-electron chi connectivity index (χ4n) is 1.69. The van der Waals surface area contributed by atoms with Crippen molar-refractivity contribution in [2.24, 2.45) is 0 Å². The minimum Gasteiger partial charge on any atom is -0.399 e. The van der Waals surface area contributed by atoms with Crippen LogP contribution in [0.4, 0.5) is 11.4 Å². The zero-order valence-corrected chi connectivity index (χ0v) is 20.6. The molecule has 0 amide bonds. The minimum absolute atomic E-state index is 0. The molecule has 3 heteroatoms. The van der Waals surface area contributed by atoms with Gasteiger partial charge in [0.25, 0.3) is 0 Å². The zero-order chi connectivity index (χ0) is 26.1. The van der Waals surface area contributed by atoms with E-state index in [2.05, 4.69) is 11.9 Å². The molecule has 0 heterocycles. The van der Waals surface area contributed by atoms with Crippen molar-refractivity contribution in [1.29, 1.82) is 5.41 Å². The molecule has 1 aliphatic rings. The molecule has 0 atom stereocenters. The van der Waals surface area contributed by atoms with Crippen molar-refractivity contribution in [2.75, 3.05) is 18.1 Å². The first-order chi connectivity index (χ1) is 16.0. The molecule has 1 aliphatic carbocycles. The van der Waals surface area contributed by atoms with Gasteiger partial charge < -0.3 is 16.5 Å². The molecule has 0 aliphatic heterocycles. The molecular formula is C28H47N3. The molecule has 2 aromatic rings. The number of anilines is 2. The summed E-state index contributed by atoms with van der Waals surface area (Å²) in [5.74, 6) is 0. The highest BCUT2D eigenvalue weighted by molar-refractivity contribution is 6.03. The molecule has 0 saturated heterocycles. The Morgan fingerprint density at radius 3 is 1.48 bits per heavy atom. The number of hydrogen-bond acceptors (Lipinski definition) is 3. The Balaban J connectivity index is -0.000000177. The molecule has 174 valence electrons. The van der Waals surface area contributed by atoms with Crippen LogP contribution in [0.2, 0.25) is 0 Å². The number of rotatable bonds is 1. The van der Waals surface area contributed by atoms with Crippen molar-refractivity contribution in [3.05, 3.63) is 96.1 Å². The maximum Gasteiger partial charge on any atom is 0.0540 e. The van der Waals surface area contributed by atoms with Crippen LogP contribution >= 0.6 is 0 Å². The van der Waals surface area contributed by atoms with Gasteiger partial charge in [-0.25, -0.2) is 0 Å². The van der Waals surface area contributed by atoms with E-state index < -0.39 is 0 Å². The topological polar surface area (TPSA) is 61.9 Å². The first-order valence-corrected chi connectivity index (χ1v) is 10.8. The van der Waals surface area contributed by atoms with Crippen LogP contribution < -0.4 is 11.1 Å². The van der Waals surface area contributed by atoms with Crippen molar-refractivity contribution in [3.8, 4) is 0 Å². The van der Waals surface area contributed by atoms with Crippen LogP contribution in [0.3, 0.4) is 0 Å². The Hall–Kier alpha value is -3.07. The van der Waals surface area contributed by atoms with E-state index in [1.165, 1.54) is 0 Å². The van der Waals surface area contributed by atoms with E-state index in [9.17, 15) is 0 Å². The summed E-state index contributed by atoms with van der Waals surface area (Å²) in [6.07, 6.45) is 7.09. The Morgan fingerprint density at radius 2 is 1.16 bits per heavy atom. The van der Waals surface area contributed by atoms with Crippen LogP contribution in [0, 0.1) is 19.2 Å². The standard InChI is InChI=1S/C8H11N.C7H9N.C7H7N.3C2H6.H2/c1-7-3-5-8(9-2)6-4-7;2*1-6-2-4-7(8)5-3-6;3*1-2;/h3-6,9H,1-2H3;2-5H,8H2,1H3;2-5,8H,1H2;3*1-2H3;1H/i2*1D;;;;;1+1. The average molecular weight is 429 g/mol. The predicted octanol–water partition coefficient (Wildman–Crippen LogP) is 8.63. The fourth-order valence-corrected chi connectivity index (χ4v) is 1.69. The van der Waals surface area contributed by atoms with Crippen LogP contribution in [0.15, 0.2) is 85.0 Å². The lowest BCUT2D eigenvalue weighted by Crippen LogP contribution is -1.88.